The number of nitrogens with zero attached hydrogens (tertiary/aromatic N) is 4. The standard InChI is InChI=1S/C29H24N4O6/c1-31-21(15-16-30-31)29(36)38-22-14-13-18(17-23(22)37-2)25-24-26(39-33(25)20-11-7-4-8-12-20)28(35)32(27(24)34)19-9-5-3-6-10-19/h3-17,24-26H,1-2H3/t24-,25+,26-/m1/s1. The molecule has 2 aliphatic heterocycles. The van der Waals surface area contributed by atoms with Crippen molar-refractivity contribution in [1.82, 2.24) is 9.78 Å². The molecule has 196 valence electrons. The first kappa shape index (κ1) is 24.4. The SMILES string of the molecule is COc1cc([C@H]2[C@H]3C(=O)N(c4ccccc4)C(=O)[C@@H]3ON2c2ccccc2)ccc1OC(=O)c1ccnn1C. The molecule has 3 heterocycles. The van der Waals surface area contributed by atoms with Crippen LogP contribution in [-0.2, 0) is 21.5 Å². The van der Waals surface area contributed by atoms with E-state index in [-0.39, 0.29) is 23.1 Å². The largest absolute Gasteiger partial charge is 0.493 e. The number of carbonyl (C=O) groups is 3. The van der Waals surface area contributed by atoms with Crippen LogP contribution in [-0.4, -0.2) is 40.8 Å². The summed E-state index contributed by atoms with van der Waals surface area (Å²) in [4.78, 5) is 47.3. The Morgan fingerprint density at radius 1 is 0.872 bits per heavy atom. The van der Waals surface area contributed by atoms with Crippen molar-refractivity contribution in [2.45, 2.75) is 12.1 Å². The lowest BCUT2D eigenvalue weighted by molar-refractivity contribution is -0.126. The van der Waals surface area contributed by atoms with Gasteiger partial charge in [-0.15, -0.1) is 0 Å². The predicted molar refractivity (Wildman–Crippen MR) is 140 cm³/mol. The number of fused-ring (bicyclic) bond motifs is 1. The minimum absolute atomic E-state index is 0.203. The monoisotopic (exact) mass is 524 g/mol. The van der Waals surface area contributed by atoms with Crippen molar-refractivity contribution in [2.75, 3.05) is 17.1 Å². The third-order valence-corrected chi connectivity index (χ3v) is 6.90. The summed E-state index contributed by atoms with van der Waals surface area (Å²) in [6.07, 6.45) is 0.501. The molecule has 2 saturated heterocycles. The zero-order valence-electron chi connectivity index (χ0n) is 21.1. The zero-order valence-corrected chi connectivity index (χ0v) is 21.1. The van der Waals surface area contributed by atoms with E-state index in [4.69, 9.17) is 14.3 Å². The zero-order chi connectivity index (χ0) is 27.1. The third-order valence-electron chi connectivity index (χ3n) is 6.90. The van der Waals surface area contributed by atoms with Gasteiger partial charge >= 0.3 is 5.97 Å². The van der Waals surface area contributed by atoms with Crippen LogP contribution in [0.3, 0.4) is 0 Å². The van der Waals surface area contributed by atoms with Crippen LogP contribution in [0.5, 0.6) is 11.5 Å². The molecule has 10 nitrogen and oxygen atoms in total. The minimum Gasteiger partial charge on any atom is -0.493 e. The highest BCUT2D eigenvalue weighted by Crippen LogP contribution is 2.48. The van der Waals surface area contributed by atoms with Gasteiger partial charge in [0.15, 0.2) is 17.6 Å². The molecule has 0 aliphatic carbocycles. The number of amides is 2. The maximum Gasteiger partial charge on any atom is 0.362 e. The number of para-hydroxylation sites is 2. The molecule has 0 saturated carbocycles. The van der Waals surface area contributed by atoms with Crippen LogP contribution >= 0.6 is 0 Å². The summed E-state index contributed by atoms with van der Waals surface area (Å²) in [7, 11) is 3.11. The average molecular weight is 525 g/mol. The van der Waals surface area contributed by atoms with Gasteiger partial charge in [-0.2, -0.15) is 5.10 Å². The Hall–Kier alpha value is -4.96. The molecule has 2 amide bonds. The Labute approximate surface area is 223 Å². The van der Waals surface area contributed by atoms with Crippen LogP contribution in [0.15, 0.2) is 91.1 Å². The summed E-state index contributed by atoms with van der Waals surface area (Å²) < 4.78 is 12.6. The summed E-state index contributed by atoms with van der Waals surface area (Å²) in [6, 6.07) is 24.0. The maximum atomic E-state index is 13.8. The highest BCUT2D eigenvalue weighted by molar-refractivity contribution is 6.23. The fourth-order valence-corrected chi connectivity index (χ4v) is 5.06. The third kappa shape index (κ3) is 4.11. The number of rotatable bonds is 6. The lowest BCUT2D eigenvalue weighted by Gasteiger charge is -2.29. The molecule has 0 radical (unpaired) electrons. The molecule has 0 unspecified atom stereocenters. The van der Waals surface area contributed by atoms with Crippen LogP contribution in [0.2, 0.25) is 0 Å². The van der Waals surface area contributed by atoms with Crippen molar-refractivity contribution >= 4 is 29.2 Å². The van der Waals surface area contributed by atoms with Gasteiger partial charge in [0.2, 0.25) is 5.91 Å². The van der Waals surface area contributed by atoms with E-state index in [1.807, 2.05) is 36.4 Å². The number of aromatic nitrogens is 2. The van der Waals surface area contributed by atoms with E-state index in [9.17, 15) is 14.4 Å². The molecule has 2 fully saturated rings. The fraction of sp³-hybridized carbons (Fsp3) is 0.172. The molecule has 3 atom stereocenters. The second-order valence-electron chi connectivity index (χ2n) is 9.15. The molecular formula is C29H24N4O6. The smallest absolute Gasteiger partial charge is 0.362 e. The topological polar surface area (TPSA) is 103 Å². The van der Waals surface area contributed by atoms with Gasteiger partial charge in [0.25, 0.3) is 5.91 Å². The number of anilines is 2. The first-order valence-corrected chi connectivity index (χ1v) is 12.3. The molecule has 0 spiro atoms. The Bertz CT molecular complexity index is 1550. The summed E-state index contributed by atoms with van der Waals surface area (Å²) in [5.41, 5.74) is 2.11. The Morgan fingerprint density at radius 2 is 1.56 bits per heavy atom. The molecule has 0 N–H and O–H groups in total. The van der Waals surface area contributed by atoms with E-state index in [0.29, 0.717) is 16.9 Å². The molecule has 6 rings (SSSR count). The van der Waals surface area contributed by atoms with Crippen molar-refractivity contribution in [1.29, 1.82) is 0 Å². The van der Waals surface area contributed by atoms with Gasteiger partial charge in [-0.05, 0) is 48.0 Å². The molecule has 0 bridgehead atoms. The summed E-state index contributed by atoms with van der Waals surface area (Å²) in [6.45, 7) is 0. The van der Waals surface area contributed by atoms with Gasteiger partial charge in [-0.25, -0.2) is 14.8 Å². The number of hydroxylamine groups is 1. The summed E-state index contributed by atoms with van der Waals surface area (Å²) in [5.74, 6) is -1.69. The number of carbonyl (C=O) groups excluding carboxylic acids is 3. The number of imide groups is 1. The quantitative estimate of drug-likeness (QED) is 0.214. The van der Waals surface area contributed by atoms with E-state index in [1.54, 1.807) is 60.6 Å². The van der Waals surface area contributed by atoms with Crippen molar-refractivity contribution in [3.63, 3.8) is 0 Å². The van der Waals surface area contributed by atoms with E-state index < -0.39 is 29.9 Å². The second kappa shape index (κ2) is 9.73. The Balaban J connectivity index is 1.38. The number of ether oxygens (including phenoxy) is 2. The molecule has 39 heavy (non-hydrogen) atoms. The first-order chi connectivity index (χ1) is 19.0. The van der Waals surface area contributed by atoms with Gasteiger partial charge in [-0.3, -0.25) is 19.1 Å². The lowest BCUT2D eigenvalue weighted by atomic mass is 9.90. The summed E-state index contributed by atoms with van der Waals surface area (Å²) in [5, 5.41) is 5.60. The number of hydrogen-bond donors (Lipinski definition) is 0. The highest BCUT2D eigenvalue weighted by atomic mass is 16.7. The van der Waals surface area contributed by atoms with Gasteiger partial charge in [0.1, 0.15) is 11.6 Å². The van der Waals surface area contributed by atoms with E-state index in [0.717, 1.165) is 0 Å². The van der Waals surface area contributed by atoms with E-state index >= 15 is 0 Å². The average Bonchev–Trinajstić information content (AvgIpc) is 3.64. The normalized spacial score (nSPS) is 20.3. The second-order valence-corrected chi connectivity index (χ2v) is 9.15. The highest BCUT2D eigenvalue weighted by Gasteiger charge is 2.60. The number of methoxy groups -OCH3 is 1. The van der Waals surface area contributed by atoms with Crippen LogP contribution in [0.4, 0.5) is 11.4 Å². The molecule has 2 aliphatic rings. The first-order valence-electron chi connectivity index (χ1n) is 12.3. The van der Waals surface area contributed by atoms with Gasteiger partial charge in [0, 0.05) is 13.2 Å². The van der Waals surface area contributed by atoms with Gasteiger partial charge in [-0.1, -0.05) is 42.5 Å². The number of benzene rings is 3. The molecule has 4 aromatic rings. The number of esters is 1. The van der Waals surface area contributed by atoms with Gasteiger partial charge < -0.3 is 9.47 Å². The predicted octanol–water partition coefficient (Wildman–Crippen LogP) is 3.70. The van der Waals surface area contributed by atoms with Crippen LogP contribution < -0.4 is 19.4 Å². The lowest BCUT2D eigenvalue weighted by Crippen LogP contribution is -2.37. The van der Waals surface area contributed by atoms with Crippen LogP contribution in [0.1, 0.15) is 22.1 Å². The molecule has 3 aromatic carbocycles. The molecular weight excluding hydrogens is 500 g/mol. The van der Waals surface area contributed by atoms with Crippen molar-refractivity contribution in [3.05, 3.63) is 102 Å². The number of hydrogen-bond acceptors (Lipinski definition) is 8. The van der Waals surface area contributed by atoms with Crippen molar-refractivity contribution in [3.8, 4) is 11.5 Å². The van der Waals surface area contributed by atoms with E-state index in [1.165, 1.54) is 22.9 Å². The van der Waals surface area contributed by atoms with Crippen molar-refractivity contribution < 1.29 is 28.7 Å². The van der Waals surface area contributed by atoms with Gasteiger partial charge in [0.05, 0.1) is 24.5 Å². The Kier molecular flexibility index (Phi) is 6.08. The Morgan fingerprint density at radius 3 is 2.21 bits per heavy atom. The summed E-state index contributed by atoms with van der Waals surface area (Å²) >= 11 is 0. The van der Waals surface area contributed by atoms with Crippen molar-refractivity contribution in [2.24, 2.45) is 13.0 Å². The minimum atomic E-state index is -1.00. The maximum absolute atomic E-state index is 13.8. The van der Waals surface area contributed by atoms with Crippen LogP contribution in [0.25, 0.3) is 0 Å². The fourth-order valence-electron chi connectivity index (χ4n) is 5.06. The molecule has 1 aromatic heterocycles. The van der Waals surface area contributed by atoms with E-state index in [2.05, 4.69) is 5.10 Å². The molecule has 10 heteroatoms. The van der Waals surface area contributed by atoms with Crippen LogP contribution in [0, 0.1) is 5.92 Å². The number of aryl methyl sites for hydroxylation is 1.